The molecule has 2 heteroatoms. The van der Waals surface area contributed by atoms with Crippen LogP contribution >= 0.6 is 0 Å². The number of hydrogen-bond donors (Lipinski definition) is 1. The third-order valence-electron chi connectivity index (χ3n) is 3.00. The van der Waals surface area contributed by atoms with E-state index in [2.05, 4.69) is 57.3 Å². The SMILES string of the molecule is CCCCOCc1ccc(CCNC(C)(C)C)cc1. The third-order valence-corrected chi connectivity index (χ3v) is 3.00. The van der Waals surface area contributed by atoms with Gasteiger partial charge in [0, 0.05) is 12.1 Å². The van der Waals surface area contributed by atoms with Crippen LogP contribution in [0.1, 0.15) is 51.7 Å². The molecule has 0 radical (unpaired) electrons. The van der Waals surface area contributed by atoms with Gasteiger partial charge in [0.15, 0.2) is 0 Å². The van der Waals surface area contributed by atoms with Crippen molar-refractivity contribution in [1.29, 1.82) is 0 Å². The summed E-state index contributed by atoms with van der Waals surface area (Å²) in [5.74, 6) is 0. The number of nitrogens with one attached hydrogen (secondary N) is 1. The molecule has 1 N–H and O–H groups in total. The van der Waals surface area contributed by atoms with Crippen LogP contribution in [0.15, 0.2) is 24.3 Å². The molecule has 1 aromatic carbocycles. The molecule has 0 aliphatic carbocycles. The standard InChI is InChI=1S/C17H29NO/c1-5-6-13-19-14-16-9-7-15(8-10-16)11-12-18-17(2,3)4/h7-10,18H,5-6,11-14H2,1-4H3. The molecule has 108 valence electrons. The van der Waals surface area contributed by atoms with Crippen LogP contribution in [-0.2, 0) is 17.8 Å². The summed E-state index contributed by atoms with van der Waals surface area (Å²) in [7, 11) is 0. The van der Waals surface area contributed by atoms with E-state index in [1.54, 1.807) is 0 Å². The van der Waals surface area contributed by atoms with Crippen molar-refractivity contribution in [3.05, 3.63) is 35.4 Å². The molecule has 0 aliphatic rings. The topological polar surface area (TPSA) is 21.3 Å². The monoisotopic (exact) mass is 263 g/mol. The van der Waals surface area contributed by atoms with Gasteiger partial charge in [-0.1, -0.05) is 37.6 Å². The highest BCUT2D eigenvalue weighted by atomic mass is 16.5. The molecule has 0 spiro atoms. The van der Waals surface area contributed by atoms with Crippen LogP contribution < -0.4 is 5.32 Å². The number of rotatable bonds is 8. The van der Waals surface area contributed by atoms with Gasteiger partial charge < -0.3 is 10.1 Å². The summed E-state index contributed by atoms with van der Waals surface area (Å²) in [6, 6.07) is 8.78. The third kappa shape index (κ3) is 8.02. The largest absolute Gasteiger partial charge is 0.377 e. The van der Waals surface area contributed by atoms with Gasteiger partial charge in [0.1, 0.15) is 0 Å². The maximum atomic E-state index is 5.61. The Morgan fingerprint density at radius 1 is 1.05 bits per heavy atom. The molecule has 0 bridgehead atoms. The van der Waals surface area contributed by atoms with Gasteiger partial charge in [0.2, 0.25) is 0 Å². The fourth-order valence-electron chi connectivity index (χ4n) is 1.82. The molecule has 1 aromatic rings. The molecule has 19 heavy (non-hydrogen) atoms. The fourth-order valence-corrected chi connectivity index (χ4v) is 1.82. The molecule has 2 nitrogen and oxygen atoms in total. The molecule has 1 rings (SSSR count). The van der Waals surface area contributed by atoms with Crippen LogP contribution in [0.4, 0.5) is 0 Å². The van der Waals surface area contributed by atoms with Gasteiger partial charge >= 0.3 is 0 Å². The Kier molecular flexibility index (Phi) is 7.11. The van der Waals surface area contributed by atoms with Crippen LogP contribution in [-0.4, -0.2) is 18.7 Å². The van der Waals surface area contributed by atoms with Gasteiger partial charge in [-0.3, -0.25) is 0 Å². The predicted molar refractivity (Wildman–Crippen MR) is 82.5 cm³/mol. The van der Waals surface area contributed by atoms with Crippen molar-refractivity contribution in [1.82, 2.24) is 5.32 Å². The zero-order valence-corrected chi connectivity index (χ0v) is 13.0. The Bertz CT molecular complexity index is 337. The molecule has 0 saturated carbocycles. The van der Waals surface area contributed by atoms with Crippen molar-refractivity contribution in [3.8, 4) is 0 Å². The van der Waals surface area contributed by atoms with E-state index in [4.69, 9.17) is 4.74 Å². The Morgan fingerprint density at radius 3 is 2.26 bits per heavy atom. The summed E-state index contributed by atoms with van der Waals surface area (Å²) in [4.78, 5) is 0. The molecule has 0 aromatic heterocycles. The molecule has 0 amide bonds. The van der Waals surface area contributed by atoms with Gasteiger partial charge in [-0.25, -0.2) is 0 Å². The van der Waals surface area contributed by atoms with E-state index in [0.717, 1.165) is 32.6 Å². The Morgan fingerprint density at radius 2 is 1.68 bits per heavy atom. The predicted octanol–water partition coefficient (Wildman–Crippen LogP) is 3.93. The van der Waals surface area contributed by atoms with Crippen molar-refractivity contribution < 1.29 is 4.74 Å². The van der Waals surface area contributed by atoms with Crippen molar-refractivity contribution in [2.24, 2.45) is 0 Å². The van der Waals surface area contributed by atoms with Gasteiger partial charge in [0.25, 0.3) is 0 Å². The average molecular weight is 263 g/mol. The lowest BCUT2D eigenvalue weighted by Gasteiger charge is -2.20. The van der Waals surface area contributed by atoms with Crippen molar-refractivity contribution in [3.63, 3.8) is 0 Å². The minimum absolute atomic E-state index is 0.201. The quantitative estimate of drug-likeness (QED) is 0.717. The Labute approximate surface area is 118 Å². The molecule has 0 fully saturated rings. The molecular weight excluding hydrogens is 234 g/mol. The highest BCUT2D eigenvalue weighted by molar-refractivity contribution is 5.22. The Hall–Kier alpha value is -0.860. The first-order valence-corrected chi connectivity index (χ1v) is 7.42. The summed E-state index contributed by atoms with van der Waals surface area (Å²) in [5.41, 5.74) is 2.85. The van der Waals surface area contributed by atoms with Gasteiger partial charge in [-0.05, 0) is 51.3 Å². The molecule has 0 saturated heterocycles. The zero-order chi connectivity index (χ0) is 14.1. The van der Waals surface area contributed by atoms with Gasteiger partial charge in [-0.15, -0.1) is 0 Å². The fraction of sp³-hybridized carbons (Fsp3) is 0.647. The van der Waals surface area contributed by atoms with E-state index >= 15 is 0 Å². The summed E-state index contributed by atoms with van der Waals surface area (Å²) in [5, 5.41) is 3.51. The first-order valence-electron chi connectivity index (χ1n) is 7.42. The lowest BCUT2D eigenvalue weighted by molar-refractivity contribution is 0.118. The molecule has 0 atom stereocenters. The number of benzene rings is 1. The second-order valence-electron chi connectivity index (χ2n) is 6.15. The Balaban J connectivity index is 2.27. The van der Waals surface area contributed by atoms with Crippen molar-refractivity contribution in [2.45, 2.75) is 59.1 Å². The summed E-state index contributed by atoms with van der Waals surface area (Å²) < 4.78 is 5.61. The highest BCUT2D eigenvalue weighted by Gasteiger charge is 2.07. The lowest BCUT2D eigenvalue weighted by atomic mass is 10.1. The number of unbranched alkanes of at least 4 members (excludes halogenated alkanes) is 1. The van der Waals surface area contributed by atoms with E-state index in [-0.39, 0.29) is 5.54 Å². The molecule has 0 unspecified atom stereocenters. The summed E-state index contributed by atoms with van der Waals surface area (Å²) >= 11 is 0. The summed E-state index contributed by atoms with van der Waals surface area (Å²) in [6.07, 6.45) is 3.42. The van der Waals surface area contributed by atoms with Crippen molar-refractivity contribution >= 4 is 0 Å². The van der Waals surface area contributed by atoms with Crippen molar-refractivity contribution in [2.75, 3.05) is 13.2 Å². The average Bonchev–Trinajstić information content (AvgIpc) is 2.35. The number of hydrogen-bond acceptors (Lipinski definition) is 2. The minimum atomic E-state index is 0.201. The van der Waals surface area contributed by atoms with Crippen LogP contribution in [0.5, 0.6) is 0 Å². The molecule has 0 heterocycles. The van der Waals surface area contributed by atoms with E-state index in [0.29, 0.717) is 0 Å². The smallest absolute Gasteiger partial charge is 0.0716 e. The first kappa shape index (κ1) is 16.2. The van der Waals surface area contributed by atoms with Crippen LogP contribution in [0.3, 0.4) is 0 Å². The van der Waals surface area contributed by atoms with Crippen LogP contribution in [0.25, 0.3) is 0 Å². The second-order valence-corrected chi connectivity index (χ2v) is 6.15. The zero-order valence-electron chi connectivity index (χ0n) is 13.0. The highest BCUT2D eigenvalue weighted by Crippen LogP contribution is 2.07. The molecule has 0 aliphatic heterocycles. The first-order chi connectivity index (χ1) is 9.01. The van der Waals surface area contributed by atoms with Crippen LogP contribution in [0, 0.1) is 0 Å². The lowest BCUT2D eigenvalue weighted by Crippen LogP contribution is -2.37. The van der Waals surface area contributed by atoms with E-state index in [9.17, 15) is 0 Å². The van der Waals surface area contributed by atoms with Crippen LogP contribution in [0.2, 0.25) is 0 Å². The van der Waals surface area contributed by atoms with E-state index in [1.165, 1.54) is 17.5 Å². The molecular formula is C17H29NO. The van der Waals surface area contributed by atoms with Gasteiger partial charge in [-0.2, -0.15) is 0 Å². The normalized spacial score (nSPS) is 11.8. The summed E-state index contributed by atoms with van der Waals surface area (Å²) in [6.45, 7) is 11.4. The van der Waals surface area contributed by atoms with E-state index < -0.39 is 0 Å². The minimum Gasteiger partial charge on any atom is -0.377 e. The van der Waals surface area contributed by atoms with E-state index in [1.807, 2.05) is 0 Å². The maximum Gasteiger partial charge on any atom is 0.0716 e. The second kappa shape index (κ2) is 8.34. The maximum absolute atomic E-state index is 5.61. The van der Waals surface area contributed by atoms with Gasteiger partial charge in [0.05, 0.1) is 6.61 Å². The number of ether oxygens (including phenoxy) is 1.